The molecule has 0 saturated carbocycles. The summed E-state index contributed by atoms with van der Waals surface area (Å²) >= 11 is 0. The molecule has 0 atom stereocenters. The largest absolute Gasteiger partial charge is 0.451 e. The summed E-state index contributed by atoms with van der Waals surface area (Å²) in [6.07, 6.45) is 4.59. The van der Waals surface area contributed by atoms with Crippen LogP contribution in [-0.4, -0.2) is 47.2 Å². The van der Waals surface area contributed by atoms with Gasteiger partial charge in [-0.05, 0) is 32.3 Å². The van der Waals surface area contributed by atoms with Gasteiger partial charge in [-0.15, -0.1) is 0 Å². The number of esters is 1. The quantitative estimate of drug-likeness (QED) is 0.666. The molecule has 0 bridgehead atoms. The predicted octanol–water partition coefficient (Wildman–Crippen LogP) is 1.39. The van der Waals surface area contributed by atoms with Crippen molar-refractivity contribution in [2.45, 2.75) is 26.2 Å². The molecule has 108 valence electrons. The second-order valence-electron chi connectivity index (χ2n) is 4.88. The minimum atomic E-state index is -0.622. The summed E-state index contributed by atoms with van der Waals surface area (Å²) in [5.74, 6) is -0.927. The maximum Gasteiger partial charge on any atom is 0.355 e. The van der Waals surface area contributed by atoms with Crippen molar-refractivity contribution in [3.63, 3.8) is 0 Å². The van der Waals surface area contributed by atoms with Crippen LogP contribution in [0.15, 0.2) is 12.3 Å². The number of piperidine rings is 1. The SMILES string of the molecule is CC(=O)c1c[nH]c(C(=O)OCC(=O)N2CCCCC2)c1. The van der Waals surface area contributed by atoms with E-state index >= 15 is 0 Å². The minimum Gasteiger partial charge on any atom is -0.451 e. The van der Waals surface area contributed by atoms with Crippen molar-refractivity contribution in [2.24, 2.45) is 0 Å². The van der Waals surface area contributed by atoms with Gasteiger partial charge in [-0.3, -0.25) is 9.59 Å². The van der Waals surface area contributed by atoms with E-state index in [0.29, 0.717) is 5.56 Å². The van der Waals surface area contributed by atoms with Gasteiger partial charge in [-0.1, -0.05) is 0 Å². The molecule has 0 aromatic carbocycles. The van der Waals surface area contributed by atoms with E-state index in [2.05, 4.69) is 4.98 Å². The Morgan fingerprint density at radius 2 is 1.95 bits per heavy atom. The van der Waals surface area contributed by atoms with Crippen LogP contribution in [0, 0.1) is 0 Å². The fourth-order valence-electron chi connectivity index (χ4n) is 2.16. The van der Waals surface area contributed by atoms with Crippen LogP contribution in [0.5, 0.6) is 0 Å². The van der Waals surface area contributed by atoms with Crippen molar-refractivity contribution in [3.05, 3.63) is 23.5 Å². The molecule has 0 radical (unpaired) electrons. The number of amides is 1. The molecule has 2 rings (SSSR count). The summed E-state index contributed by atoms with van der Waals surface area (Å²) in [4.78, 5) is 39.1. The highest BCUT2D eigenvalue weighted by Crippen LogP contribution is 2.10. The van der Waals surface area contributed by atoms with Crippen LogP contribution in [0.3, 0.4) is 0 Å². The molecular formula is C14H18N2O4. The van der Waals surface area contributed by atoms with Gasteiger partial charge < -0.3 is 14.6 Å². The number of hydrogen-bond acceptors (Lipinski definition) is 4. The normalized spacial score (nSPS) is 14.9. The van der Waals surface area contributed by atoms with Gasteiger partial charge in [0.2, 0.25) is 0 Å². The Hall–Kier alpha value is -2.11. The zero-order valence-electron chi connectivity index (χ0n) is 11.5. The number of H-pyrrole nitrogens is 1. The maximum absolute atomic E-state index is 11.8. The number of aromatic nitrogens is 1. The van der Waals surface area contributed by atoms with Gasteiger partial charge in [0.05, 0.1) is 0 Å². The van der Waals surface area contributed by atoms with Gasteiger partial charge in [-0.25, -0.2) is 4.79 Å². The van der Waals surface area contributed by atoms with Gasteiger partial charge in [-0.2, -0.15) is 0 Å². The number of aromatic amines is 1. The molecule has 1 aliphatic heterocycles. The first-order valence-electron chi connectivity index (χ1n) is 6.72. The summed E-state index contributed by atoms with van der Waals surface area (Å²) in [5, 5.41) is 0. The Morgan fingerprint density at radius 1 is 1.25 bits per heavy atom. The average molecular weight is 278 g/mol. The van der Waals surface area contributed by atoms with Crippen molar-refractivity contribution in [1.29, 1.82) is 0 Å². The molecule has 1 aromatic rings. The van der Waals surface area contributed by atoms with Crippen LogP contribution < -0.4 is 0 Å². The number of ether oxygens (including phenoxy) is 1. The highest BCUT2D eigenvalue weighted by molar-refractivity contribution is 5.97. The Labute approximate surface area is 117 Å². The molecule has 0 aliphatic carbocycles. The molecule has 6 nitrogen and oxygen atoms in total. The Kier molecular flexibility index (Phi) is 4.55. The number of Topliss-reactive ketones (excluding diaryl/α,β-unsaturated/α-hetero) is 1. The predicted molar refractivity (Wildman–Crippen MR) is 71.5 cm³/mol. The first kappa shape index (κ1) is 14.3. The second-order valence-corrected chi connectivity index (χ2v) is 4.88. The van der Waals surface area contributed by atoms with Crippen LogP contribution in [0.1, 0.15) is 47.0 Å². The fraction of sp³-hybridized carbons (Fsp3) is 0.500. The highest BCUT2D eigenvalue weighted by Gasteiger charge is 2.19. The molecule has 20 heavy (non-hydrogen) atoms. The summed E-state index contributed by atoms with van der Waals surface area (Å²) in [7, 11) is 0. The zero-order valence-corrected chi connectivity index (χ0v) is 11.5. The van der Waals surface area contributed by atoms with E-state index in [9.17, 15) is 14.4 Å². The van der Waals surface area contributed by atoms with E-state index in [1.807, 2.05) is 0 Å². The van der Waals surface area contributed by atoms with Crippen LogP contribution >= 0.6 is 0 Å². The molecule has 0 spiro atoms. The number of hydrogen-bond donors (Lipinski definition) is 1. The van der Waals surface area contributed by atoms with Crippen molar-refractivity contribution >= 4 is 17.7 Å². The number of nitrogens with one attached hydrogen (secondary N) is 1. The monoisotopic (exact) mass is 278 g/mol. The maximum atomic E-state index is 11.8. The highest BCUT2D eigenvalue weighted by atomic mass is 16.5. The first-order chi connectivity index (χ1) is 9.58. The molecule has 6 heteroatoms. The third kappa shape index (κ3) is 3.46. The van der Waals surface area contributed by atoms with Gasteiger partial charge >= 0.3 is 5.97 Å². The summed E-state index contributed by atoms with van der Waals surface area (Å²) in [6, 6.07) is 1.43. The van der Waals surface area contributed by atoms with E-state index in [4.69, 9.17) is 4.74 Å². The number of carbonyl (C=O) groups excluding carboxylic acids is 3. The van der Waals surface area contributed by atoms with Crippen LogP contribution in [0.4, 0.5) is 0 Å². The lowest BCUT2D eigenvalue weighted by molar-refractivity contribution is -0.135. The first-order valence-corrected chi connectivity index (χ1v) is 6.72. The number of nitrogens with zero attached hydrogens (tertiary/aromatic N) is 1. The van der Waals surface area contributed by atoms with Crippen molar-refractivity contribution in [2.75, 3.05) is 19.7 Å². The molecule has 1 N–H and O–H groups in total. The fourth-order valence-corrected chi connectivity index (χ4v) is 2.16. The van der Waals surface area contributed by atoms with Gasteiger partial charge in [0, 0.05) is 24.8 Å². The molecule has 1 aromatic heterocycles. The number of ketones is 1. The lowest BCUT2D eigenvalue weighted by Crippen LogP contribution is -2.38. The van der Waals surface area contributed by atoms with Crippen LogP contribution in [0.25, 0.3) is 0 Å². The molecule has 2 heterocycles. The average Bonchev–Trinajstić information content (AvgIpc) is 2.95. The summed E-state index contributed by atoms with van der Waals surface area (Å²) < 4.78 is 4.96. The smallest absolute Gasteiger partial charge is 0.355 e. The summed E-state index contributed by atoms with van der Waals surface area (Å²) in [5.41, 5.74) is 0.598. The van der Waals surface area contributed by atoms with E-state index in [1.54, 1.807) is 4.90 Å². The standard InChI is InChI=1S/C14H18N2O4/c1-10(17)11-7-12(15-8-11)14(19)20-9-13(18)16-5-3-2-4-6-16/h7-8,15H,2-6,9H2,1H3. The lowest BCUT2D eigenvalue weighted by Gasteiger charge is -2.26. The Balaban J connectivity index is 1.84. The van der Waals surface area contributed by atoms with E-state index in [0.717, 1.165) is 32.4 Å². The zero-order chi connectivity index (χ0) is 14.5. The summed E-state index contributed by atoms with van der Waals surface area (Å²) in [6.45, 7) is 2.62. The van der Waals surface area contributed by atoms with E-state index < -0.39 is 5.97 Å². The Bertz CT molecular complexity index is 515. The Morgan fingerprint density at radius 3 is 2.55 bits per heavy atom. The minimum absolute atomic E-state index is 0.135. The number of likely N-dealkylation sites (tertiary alicyclic amines) is 1. The van der Waals surface area contributed by atoms with Crippen molar-refractivity contribution in [1.82, 2.24) is 9.88 Å². The van der Waals surface area contributed by atoms with E-state index in [-0.39, 0.29) is 24.0 Å². The molecule has 1 aliphatic rings. The van der Waals surface area contributed by atoms with E-state index in [1.165, 1.54) is 19.2 Å². The topological polar surface area (TPSA) is 79.5 Å². The molecule has 1 amide bonds. The molecule has 0 unspecified atom stereocenters. The van der Waals surface area contributed by atoms with Gasteiger partial charge in [0.25, 0.3) is 5.91 Å². The molecule has 1 saturated heterocycles. The third-order valence-corrected chi connectivity index (χ3v) is 3.34. The number of rotatable bonds is 4. The van der Waals surface area contributed by atoms with Crippen molar-refractivity contribution in [3.8, 4) is 0 Å². The van der Waals surface area contributed by atoms with Gasteiger partial charge in [0.15, 0.2) is 12.4 Å². The van der Waals surface area contributed by atoms with Crippen molar-refractivity contribution < 1.29 is 19.1 Å². The molecular weight excluding hydrogens is 260 g/mol. The van der Waals surface area contributed by atoms with Gasteiger partial charge in [0.1, 0.15) is 5.69 Å². The van der Waals surface area contributed by atoms with Crippen LogP contribution in [0.2, 0.25) is 0 Å². The third-order valence-electron chi connectivity index (χ3n) is 3.34. The number of carbonyl (C=O) groups is 3. The molecule has 1 fully saturated rings. The lowest BCUT2D eigenvalue weighted by atomic mass is 10.1. The van der Waals surface area contributed by atoms with Crippen LogP contribution in [-0.2, 0) is 9.53 Å². The second kappa shape index (κ2) is 6.36.